The van der Waals surface area contributed by atoms with Crippen LogP contribution in [-0.2, 0) is 21.4 Å². The van der Waals surface area contributed by atoms with Crippen molar-refractivity contribution in [2.45, 2.75) is 31.1 Å². The monoisotopic (exact) mass is 234 g/mol. The molecule has 1 aromatic rings. The molecule has 17 heavy (non-hydrogen) atoms. The number of benzene rings is 1. The molecule has 2 rings (SSSR count). The van der Waals surface area contributed by atoms with Crippen molar-refractivity contribution in [1.82, 2.24) is 0 Å². The van der Waals surface area contributed by atoms with E-state index in [9.17, 15) is 4.79 Å². The van der Waals surface area contributed by atoms with E-state index in [0.717, 1.165) is 25.9 Å². The van der Waals surface area contributed by atoms with Crippen LogP contribution in [0.25, 0.3) is 0 Å². The van der Waals surface area contributed by atoms with Gasteiger partial charge in [0.2, 0.25) is 0 Å². The summed E-state index contributed by atoms with van der Waals surface area (Å²) < 4.78 is 5.03. The van der Waals surface area contributed by atoms with E-state index in [1.54, 1.807) is 7.11 Å². The van der Waals surface area contributed by atoms with Gasteiger partial charge in [-0.05, 0) is 30.4 Å². The van der Waals surface area contributed by atoms with E-state index in [1.165, 1.54) is 11.1 Å². The fourth-order valence-corrected chi connectivity index (χ4v) is 2.25. The van der Waals surface area contributed by atoms with Crippen LogP contribution in [0.5, 0.6) is 0 Å². The molecule has 3 heteroatoms. The number of rotatable bonds is 6. The number of carbonyl (C=O) groups is 1. The maximum Gasteiger partial charge on any atom is 0.304 e. The SMILES string of the molecule is COCCc1ccc(C2(CC(=O)O)CC2)cc1. The highest BCUT2D eigenvalue weighted by molar-refractivity contribution is 5.70. The Morgan fingerprint density at radius 1 is 1.35 bits per heavy atom. The average molecular weight is 234 g/mol. The fourth-order valence-electron chi connectivity index (χ4n) is 2.25. The van der Waals surface area contributed by atoms with E-state index < -0.39 is 5.97 Å². The van der Waals surface area contributed by atoms with Gasteiger partial charge in [-0.25, -0.2) is 0 Å². The second kappa shape index (κ2) is 4.88. The topological polar surface area (TPSA) is 46.5 Å². The summed E-state index contributed by atoms with van der Waals surface area (Å²) in [6.07, 6.45) is 3.15. The Hall–Kier alpha value is -1.35. The lowest BCUT2D eigenvalue weighted by Gasteiger charge is -2.13. The number of ether oxygens (including phenoxy) is 1. The Balaban J connectivity index is 2.05. The van der Waals surface area contributed by atoms with Crippen molar-refractivity contribution in [3.63, 3.8) is 0 Å². The van der Waals surface area contributed by atoms with E-state index in [1.807, 2.05) is 0 Å². The zero-order valence-electron chi connectivity index (χ0n) is 10.1. The molecular weight excluding hydrogens is 216 g/mol. The minimum atomic E-state index is -0.703. The lowest BCUT2D eigenvalue weighted by atomic mass is 9.91. The second-order valence-electron chi connectivity index (χ2n) is 4.79. The van der Waals surface area contributed by atoms with Crippen LogP contribution in [-0.4, -0.2) is 24.8 Å². The van der Waals surface area contributed by atoms with Gasteiger partial charge in [-0.15, -0.1) is 0 Å². The predicted octanol–water partition coefficient (Wildman–Crippen LogP) is 2.38. The molecule has 0 spiro atoms. The average Bonchev–Trinajstić information content (AvgIpc) is 3.07. The lowest BCUT2D eigenvalue weighted by molar-refractivity contribution is -0.137. The third kappa shape index (κ3) is 2.86. The summed E-state index contributed by atoms with van der Waals surface area (Å²) in [5.41, 5.74) is 2.33. The van der Waals surface area contributed by atoms with Crippen molar-refractivity contribution in [2.75, 3.05) is 13.7 Å². The van der Waals surface area contributed by atoms with Crippen LogP contribution in [0.2, 0.25) is 0 Å². The molecule has 0 radical (unpaired) electrons. The minimum absolute atomic E-state index is 0.0778. The molecule has 3 nitrogen and oxygen atoms in total. The van der Waals surface area contributed by atoms with E-state index >= 15 is 0 Å². The van der Waals surface area contributed by atoms with Gasteiger partial charge in [-0.1, -0.05) is 24.3 Å². The molecule has 0 saturated heterocycles. The Kier molecular flexibility index (Phi) is 3.48. The zero-order valence-corrected chi connectivity index (χ0v) is 10.1. The van der Waals surface area contributed by atoms with E-state index in [2.05, 4.69) is 24.3 Å². The molecule has 0 heterocycles. The molecule has 1 fully saturated rings. The molecule has 1 aromatic carbocycles. The first kappa shape index (κ1) is 12.1. The van der Waals surface area contributed by atoms with Crippen LogP contribution in [0.15, 0.2) is 24.3 Å². The number of hydrogen-bond donors (Lipinski definition) is 1. The fraction of sp³-hybridized carbons (Fsp3) is 0.500. The van der Waals surface area contributed by atoms with Crippen LogP contribution >= 0.6 is 0 Å². The van der Waals surface area contributed by atoms with Crippen molar-refractivity contribution in [1.29, 1.82) is 0 Å². The van der Waals surface area contributed by atoms with Gasteiger partial charge < -0.3 is 9.84 Å². The zero-order chi connectivity index (χ0) is 12.3. The minimum Gasteiger partial charge on any atom is -0.481 e. The maximum atomic E-state index is 10.8. The third-order valence-corrected chi connectivity index (χ3v) is 3.50. The molecule has 0 amide bonds. The molecule has 1 N–H and O–H groups in total. The van der Waals surface area contributed by atoms with Gasteiger partial charge in [-0.3, -0.25) is 4.79 Å². The van der Waals surface area contributed by atoms with Crippen molar-refractivity contribution in [2.24, 2.45) is 0 Å². The van der Waals surface area contributed by atoms with E-state index in [4.69, 9.17) is 9.84 Å². The predicted molar refractivity (Wildman–Crippen MR) is 65.2 cm³/mol. The molecule has 0 atom stereocenters. The highest BCUT2D eigenvalue weighted by Gasteiger charge is 2.45. The first-order valence-corrected chi connectivity index (χ1v) is 5.96. The summed E-state index contributed by atoms with van der Waals surface area (Å²) in [4.78, 5) is 10.8. The molecule has 0 unspecified atom stereocenters. The van der Waals surface area contributed by atoms with Crippen molar-refractivity contribution in [3.05, 3.63) is 35.4 Å². The van der Waals surface area contributed by atoms with Crippen LogP contribution in [0.3, 0.4) is 0 Å². The number of methoxy groups -OCH3 is 1. The van der Waals surface area contributed by atoms with Gasteiger partial charge in [0.05, 0.1) is 13.0 Å². The Bertz CT molecular complexity index is 390. The first-order valence-electron chi connectivity index (χ1n) is 5.96. The largest absolute Gasteiger partial charge is 0.481 e. The normalized spacial score (nSPS) is 16.8. The van der Waals surface area contributed by atoms with Crippen LogP contribution in [0, 0.1) is 0 Å². The Morgan fingerprint density at radius 3 is 2.47 bits per heavy atom. The molecule has 0 aliphatic heterocycles. The Labute approximate surface area is 101 Å². The van der Waals surface area contributed by atoms with E-state index in [-0.39, 0.29) is 11.8 Å². The van der Waals surface area contributed by atoms with Crippen molar-refractivity contribution >= 4 is 5.97 Å². The molecule has 1 saturated carbocycles. The highest BCUT2D eigenvalue weighted by Crippen LogP contribution is 2.50. The van der Waals surface area contributed by atoms with Crippen LogP contribution in [0.1, 0.15) is 30.4 Å². The van der Waals surface area contributed by atoms with Gasteiger partial charge in [0.15, 0.2) is 0 Å². The van der Waals surface area contributed by atoms with Crippen molar-refractivity contribution < 1.29 is 14.6 Å². The highest BCUT2D eigenvalue weighted by atomic mass is 16.5. The van der Waals surface area contributed by atoms with Gasteiger partial charge in [0, 0.05) is 12.5 Å². The molecule has 1 aliphatic rings. The van der Waals surface area contributed by atoms with Gasteiger partial charge in [-0.2, -0.15) is 0 Å². The summed E-state index contributed by atoms with van der Waals surface area (Å²) in [6.45, 7) is 0.722. The van der Waals surface area contributed by atoms with Gasteiger partial charge in [0.25, 0.3) is 0 Å². The molecule has 1 aliphatic carbocycles. The summed E-state index contributed by atoms with van der Waals surface area (Å²) in [7, 11) is 1.69. The molecular formula is C14H18O3. The number of hydrogen-bond acceptors (Lipinski definition) is 2. The molecule has 0 bridgehead atoms. The molecule has 92 valence electrons. The standard InChI is InChI=1S/C14H18O3/c1-17-9-6-11-2-4-12(5-3-11)14(7-8-14)10-13(15)16/h2-5H,6-10H2,1H3,(H,15,16). The summed E-state index contributed by atoms with van der Waals surface area (Å²) in [5.74, 6) is -0.703. The van der Waals surface area contributed by atoms with Crippen LogP contribution in [0.4, 0.5) is 0 Å². The van der Waals surface area contributed by atoms with Gasteiger partial charge in [0.1, 0.15) is 0 Å². The number of carboxylic acids is 1. The summed E-state index contributed by atoms with van der Waals surface area (Å²) in [6, 6.07) is 8.30. The lowest BCUT2D eigenvalue weighted by Crippen LogP contribution is -2.12. The summed E-state index contributed by atoms with van der Waals surface area (Å²) in [5, 5.41) is 8.90. The second-order valence-corrected chi connectivity index (χ2v) is 4.79. The summed E-state index contributed by atoms with van der Waals surface area (Å²) >= 11 is 0. The van der Waals surface area contributed by atoms with E-state index in [0.29, 0.717) is 0 Å². The van der Waals surface area contributed by atoms with Gasteiger partial charge >= 0.3 is 5.97 Å². The number of aliphatic carboxylic acids is 1. The molecule has 0 aromatic heterocycles. The third-order valence-electron chi connectivity index (χ3n) is 3.50. The number of carboxylic acid groups (broad SMARTS) is 1. The van der Waals surface area contributed by atoms with Crippen molar-refractivity contribution in [3.8, 4) is 0 Å². The quantitative estimate of drug-likeness (QED) is 0.822. The smallest absolute Gasteiger partial charge is 0.304 e. The first-order chi connectivity index (χ1) is 8.16. The van der Waals surface area contributed by atoms with Crippen LogP contribution < -0.4 is 0 Å². The maximum absolute atomic E-state index is 10.8. The Morgan fingerprint density at radius 2 is 2.00 bits per heavy atom.